The van der Waals surface area contributed by atoms with Crippen LogP contribution in [0.1, 0.15) is 220 Å². The highest BCUT2D eigenvalue weighted by atomic mass is 16.6. The van der Waals surface area contributed by atoms with E-state index < -0.39 is 6.10 Å². The van der Waals surface area contributed by atoms with Crippen LogP contribution in [0.25, 0.3) is 0 Å². The molecule has 0 aliphatic rings. The zero-order valence-corrected chi connectivity index (χ0v) is 40.1. The van der Waals surface area contributed by atoms with Gasteiger partial charge in [0.2, 0.25) is 0 Å². The first kappa shape index (κ1) is 58.3. The van der Waals surface area contributed by atoms with Gasteiger partial charge in [-0.25, -0.2) is 0 Å². The molecular weight excluding hydrogens is 769 g/mol. The first-order chi connectivity index (χ1) is 30.5. The fourth-order valence-corrected chi connectivity index (χ4v) is 6.49. The van der Waals surface area contributed by atoms with Crippen LogP contribution in [-0.4, -0.2) is 37.2 Å². The first-order valence-electron chi connectivity index (χ1n) is 25.2. The Kier molecular flexibility index (Phi) is 47.0. The third kappa shape index (κ3) is 47.4. The number of carbonyl (C=O) groups is 3. The van der Waals surface area contributed by atoms with E-state index in [0.29, 0.717) is 19.3 Å². The number of carbonyl (C=O) groups excluding carboxylic acids is 3. The van der Waals surface area contributed by atoms with E-state index in [1.54, 1.807) is 0 Å². The summed E-state index contributed by atoms with van der Waals surface area (Å²) in [5.41, 5.74) is 0. The van der Waals surface area contributed by atoms with Gasteiger partial charge in [-0.05, 0) is 122 Å². The second kappa shape index (κ2) is 50.0. The summed E-state index contributed by atoms with van der Waals surface area (Å²) >= 11 is 0. The molecule has 0 aliphatic carbocycles. The second-order valence-electron chi connectivity index (χ2n) is 16.3. The van der Waals surface area contributed by atoms with Gasteiger partial charge in [-0.15, -0.1) is 0 Å². The zero-order valence-electron chi connectivity index (χ0n) is 40.1. The van der Waals surface area contributed by atoms with E-state index in [9.17, 15) is 14.4 Å². The minimum absolute atomic E-state index is 0.107. The molecule has 0 rings (SSSR count). The van der Waals surface area contributed by atoms with Crippen molar-refractivity contribution in [2.75, 3.05) is 13.2 Å². The highest BCUT2D eigenvalue weighted by Gasteiger charge is 2.19. The van der Waals surface area contributed by atoms with Crippen LogP contribution < -0.4 is 0 Å². The Labute approximate surface area is 381 Å². The van der Waals surface area contributed by atoms with E-state index in [1.165, 1.54) is 57.8 Å². The predicted molar refractivity (Wildman–Crippen MR) is 265 cm³/mol. The topological polar surface area (TPSA) is 78.9 Å². The van der Waals surface area contributed by atoms with Gasteiger partial charge in [0.05, 0.1) is 0 Å². The molecule has 0 bridgehead atoms. The average molecular weight is 861 g/mol. The maximum absolute atomic E-state index is 12.8. The lowest BCUT2D eigenvalue weighted by Gasteiger charge is -2.18. The van der Waals surface area contributed by atoms with E-state index >= 15 is 0 Å². The number of unbranched alkanes of at least 4 members (excludes halogenated alkanes) is 17. The van der Waals surface area contributed by atoms with Crippen molar-refractivity contribution in [1.29, 1.82) is 0 Å². The summed E-state index contributed by atoms with van der Waals surface area (Å²) in [6.07, 6.45) is 65.3. The van der Waals surface area contributed by atoms with Crippen molar-refractivity contribution in [3.63, 3.8) is 0 Å². The van der Waals surface area contributed by atoms with Crippen LogP contribution in [0.2, 0.25) is 0 Å². The van der Waals surface area contributed by atoms with E-state index in [4.69, 9.17) is 14.2 Å². The van der Waals surface area contributed by atoms with E-state index in [0.717, 1.165) is 116 Å². The summed E-state index contributed by atoms with van der Waals surface area (Å²) in [4.78, 5) is 37.9. The number of allylic oxidation sites excluding steroid dienone is 16. The van der Waals surface area contributed by atoms with Crippen molar-refractivity contribution in [2.24, 2.45) is 0 Å². The lowest BCUT2D eigenvalue weighted by molar-refractivity contribution is -0.167. The van der Waals surface area contributed by atoms with Crippen molar-refractivity contribution >= 4 is 17.9 Å². The Morgan fingerprint density at radius 3 is 1.03 bits per heavy atom. The maximum atomic E-state index is 12.8. The minimum Gasteiger partial charge on any atom is -0.462 e. The molecule has 0 aromatic carbocycles. The van der Waals surface area contributed by atoms with Crippen LogP contribution in [0.4, 0.5) is 0 Å². The van der Waals surface area contributed by atoms with Crippen LogP contribution in [0.5, 0.6) is 0 Å². The summed E-state index contributed by atoms with van der Waals surface area (Å²) in [7, 11) is 0. The van der Waals surface area contributed by atoms with Gasteiger partial charge in [-0.2, -0.15) is 0 Å². The van der Waals surface area contributed by atoms with E-state index in [-0.39, 0.29) is 37.5 Å². The number of esters is 3. The van der Waals surface area contributed by atoms with Crippen molar-refractivity contribution in [3.05, 3.63) is 97.2 Å². The highest BCUT2D eigenvalue weighted by Crippen LogP contribution is 2.12. The van der Waals surface area contributed by atoms with Crippen LogP contribution in [0.15, 0.2) is 97.2 Å². The molecule has 0 radical (unpaired) electrons. The van der Waals surface area contributed by atoms with Gasteiger partial charge in [-0.3, -0.25) is 14.4 Å². The third-order valence-corrected chi connectivity index (χ3v) is 10.3. The molecule has 0 aromatic rings. The maximum Gasteiger partial charge on any atom is 0.306 e. The molecule has 352 valence electrons. The average Bonchev–Trinajstić information content (AvgIpc) is 3.27. The fraction of sp³-hybridized carbons (Fsp3) is 0.661. The number of hydrogen-bond acceptors (Lipinski definition) is 6. The molecule has 0 amide bonds. The molecule has 6 heteroatoms. The molecule has 0 N–H and O–H groups in total. The lowest BCUT2D eigenvalue weighted by atomic mass is 10.1. The molecule has 1 atom stereocenters. The molecule has 0 fully saturated rings. The Hall–Kier alpha value is -3.67. The van der Waals surface area contributed by atoms with Crippen LogP contribution >= 0.6 is 0 Å². The Balaban J connectivity index is 4.51. The molecule has 62 heavy (non-hydrogen) atoms. The SMILES string of the molecule is CC/C=C\C/C=C\C/C=C\C/C=C\CCCCC(=O)O[C@@H](COC(=O)CCCCCC/C=C\C/C=C\C/C=C\CCCCC)COC(=O)CCCCCCC/C=C\CCCCC. The van der Waals surface area contributed by atoms with Gasteiger partial charge in [0.1, 0.15) is 13.2 Å². The monoisotopic (exact) mass is 861 g/mol. The van der Waals surface area contributed by atoms with Crippen molar-refractivity contribution in [1.82, 2.24) is 0 Å². The van der Waals surface area contributed by atoms with Gasteiger partial charge in [0.15, 0.2) is 6.10 Å². The summed E-state index contributed by atoms with van der Waals surface area (Å²) in [5.74, 6) is -0.985. The van der Waals surface area contributed by atoms with Crippen molar-refractivity contribution < 1.29 is 28.6 Å². The Morgan fingerprint density at radius 1 is 0.339 bits per heavy atom. The zero-order chi connectivity index (χ0) is 45.1. The van der Waals surface area contributed by atoms with Crippen LogP contribution in [0, 0.1) is 0 Å². The van der Waals surface area contributed by atoms with Gasteiger partial charge in [0, 0.05) is 19.3 Å². The lowest BCUT2D eigenvalue weighted by Crippen LogP contribution is -2.30. The number of rotatable bonds is 44. The summed E-state index contributed by atoms with van der Waals surface area (Å²) in [5, 5.41) is 0. The molecule has 0 unspecified atom stereocenters. The fourth-order valence-electron chi connectivity index (χ4n) is 6.49. The van der Waals surface area contributed by atoms with E-state index in [2.05, 4.69) is 118 Å². The molecule has 0 aromatic heterocycles. The standard InChI is InChI=1S/C56H92O6/c1-4-7-10-13-16-19-22-25-27-28-30-31-34-37-40-43-46-49-55(58)61-52-53(51-60-54(57)48-45-42-39-36-33-24-21-18-15-12-9-6-3)62-56(59)50-47-44-41-38-35-32-29-26-23-20-17-14-11-8-5-2/h8,11,16-21,25-27,29-31,35,38,53H,4-7,9-10,12-15,22-24,28,32-34,36-37,39-52H2,1-3H3/b11-8-,19-16-,20-17-,21-18-,27-25-,29-26-,31-30-,38-35-/t53-/m1/s1. The van der Waals surface area contributed by atoms with Gasteiger partial charge in [0.25, 0.3) is 0 Å². The van der Waals surface area contributed by atoms with Crippen LogP contribution in [-0.2, 0) is 28.6 Å². The first-order valence-corrected chi connectivity index (χ1v) is 25.2. The number of ether oxygens (including phenoxy) is 3. The third-order valence-electron chi connectivity index (χ3n) is 10.3. The smallest absolute Gasteiger partial charge is 0.306 e. The van der Waals surface area contributed by atoms with Crippen molar-refractivity contribution in [3.8, 4) is 0 Å². The molecule has 0 aliphatic heterocycles. The second-order valence-corrected chi connectivity index (χ2v) is 16.3. The quantitative estimate of drug-likeness (QED) is 0.0263. The summed E-state index contributed by atoms with van der Waals surface area (Å²) < 4.78 is 16.7. The van der Waals surface area contributed by atoms with Gasteiger partial charge in [-0.1, -0.05) is 176 Å². The number of hydrogen-bond donors (Lipinski definition) is 0. The summed E-state index contributed by atoms with van der Waals surface area (Å²) in [6.45, 7) is 6.39. The summed E-state index contributed by atoms with van der Waals surface area (Å²) in [6, 6.07) is 0. The molecule has 0 saturated heterocycles. The Morgan fingerprint density at radius 2 is 0.629 bits per heavy atom. The van der Waals surface area contributed by atoms with Crippen LogP contribution in [0.3, 0.4) is 0 Å². The normalized spacial score (nSPS) is 12.9. The van der Waals surface area contributed by atoms with Gasteiger partial charge >= 0.3 is 17.9 Å². The van der Waals surface area contributed by atoms with E-state index in [1.807, 2.05) is 0 Å². The van der Waals surface area contributed by atoms with Crippen molar-refractivity contribution in [2.45, 2.75) is 226 Å². The molecule has 6 nitrogen and oxygen atoms in total. The Bertz CT molecular complexity index is 1260. The highest BCUT2D eigenvalue weighted by molar-refractivity contribution is 5.71. The largest absolute Gasteiger partial charge is 0.462 e. The molecule has 0 saturated carbocycles. The molecule has 0 spiro atoms. The van der Waals surface area contributed by atoms with Gasteiger partial charge < -0.3 is 14.2 Å². The molecule has 0 heterocycles. The minimum atomic E-state index is -0.812. The predicted octanol–water partition coefficient (Wildman–Crippen LogP) is 16.6. The molecular formula is C56H92O6.